The van der Waals surface area contributed by atoms with Crippen LogP contribution in [0.15, 0.2) is 139 Å². The molecule has 6 aromatic rings. The summed E-state index contributed by atoms with van der Waals surface area (Å²) in [6, 6.07) is 34.4. The molecule has 4 bridgehead atoms. The number of anilines is 1. The number of amides is 9. The van der Waals surface area contributed by atoms with E-state index < -0.39 is 108 Å². The highest BCUT2D eigenvalue weighted by atomic mass is 35.5. The minimum Gasteiger partial charge on any atom is -0.457 e. The third-order valence-corrected chi connectivity index (χ3v) is 26.8. The first-order chi connectivity index (χ1) is 68.9. The largest absolute Gasteiger partial charge is 0.457 e. The van der Waals surface area contributed by atoms with Gasteiger partial charge < -0.3 is 103 Å². The molecule has 10 atom stereocenters. The minimum atomic E-state index is -1.88. The van der Waals surface area contributed by atoms with Crippen molar-refractivity contribution < 1.29 is 119 Å². The van der Waals surface area contributed by atoms with Crippen molar-refractivity contribution >= 4 is 99.4 Å². The van der Waals surface area contributed by atoms with Crippen LogP contribution in [0.25, 0.3) is 22.0 Å². The summed E-state index contributed by atoms with van der Waals surface area (Å²) in [7, 11) is 11.0. The number of ketones is 3. The van der Waals surface area contributed by atoms with Gasteiger partial charge in [0.1, 0.15) is 49.0 Å². The van der Waals surface area contributed by atoms with Crippen LogP contribution in [0, 0.1) is 24.7 Å². The molecular formula is C107H148ClN11O25. The zero-order valence-corrected chi connectivity index (χ0v) is 86.7. The molecule has 2 saturated heterocycles. The predicted octanol–water partition coefficient (Wildman–Crippen LogP) is 12.4. The number of benzene rings is 5. The van der Waals surface area contributed by atoms with E-state index in [-0.39, 0.29) is 132 Å². The van der Waals surface area contributed by atoms with Gasteiger partial charge in [-0.1, -0.05) is 160 Å². The molecule has 1 unspecified atom stereocenters. The maximum atomic E-state index is 14.4. The highest BCUT2D eigenvalue weighted by Gasteiger charge is 2.65. The van der Waals surface area contributed by atoms with Gasteiger partial charge in [0.2, 0.25) is 23.6 Å². The van der Waals surface area contributed by atoms with Crippen LogP contribution >= 0.6 is 11.6 Å². The number of nitrogens with zero attached hydrogens (tertiary/aromatic N) is 6. The van der Waals surface area contributed by atoms with Gasteiger partial charge in [0.25, 0.3) is 0 Å². The van der Waals surface area contributed by atoms with E-state index >= 15 is 0 Å². The normalized spacial score (nSPS) is 19.4. The molecule has 0 radical (unpaired) electrons. The lowest BCUT2D eigenvalue weighted by Crippen LogP contribution is -2.63. The predicted molar refractivity (Wildman–Crippen MR) is 542 cm³/mol. The van der Waals surface area contributed by atoms with Crippen molar-refractivity contribution in [3.63, 3.8) is 0 Å². The third kappa shape index (κ3) is 34.9. The lowest BCUT2D eigenvalue weighted by Gasteiger charge is -2.42. The summed E-state index contributed by atoms with van der Waals surface area (Å²) in [6.07, 6.45) is 2.37. The molecule has 1 aliphatic carbocycles. The molecule has 5 aromatic carbocycles. The number of aryl methyl sites for hydroxylation is 2. The molecule has 788 valence electrons. The molecule has 2 fully saturated rings. The Morgan fingerprint density at radius 3 is 1.99 bits per heavy atom. The van der Waals surface area contributed by atoms with Crippen LogP contribution in [0.3, 0.4) is 0 Å². The molecule has 36 nitrogen and oxygen atoms in total. The number of allylic oxidation sites excluding steroid dienone is 3. The van der Waals surface area contributed by atoms with E-state index in [1.54, 1.807) is 69.4 Å². The fourth-order valence-electron chi connectivity index (χ4n) is 17.5. The Labute approximate surface area is 849 Å². The Bertz CT molecular complexity index is 5300. The number of hydrogen-bond donors (Lipinski definition) is 6. The molecule has 0 spiro atoms. The smallest absolute Gasteiger partial charge is 0.424 e. The van der Waals surface area contributed by atoms with E-state index in [9.17, 15) is 62.6 Å². The van der Waals surface area contributed by atoms with Crippen molar-refractivity contribution in [2.24, 2.45) is 23.5 Å². The Hall–Kier alpha value is -11.6. The average molecular weight is 2020 g/mol. The lowest BCUT2D eigenvalue weighted by atomic mass is 9.83. The van der Waals surface area contributed by atoms with Gasteiger partial charge >= 0.3 is 30.3 Å². The zero-order valence-electron chi connectivity index (χ0n) is 86.0. The molecular weight excluding hydrogens is 1870 g/mol. The second-order valence-electron chi connectivity index (χ2n) is 37.6. The Morgan fingerprint density at radius 1 is 0.722 bits per heavy atom. The standard InChI is InChI=1S/C62H88ClN7O16.C45H60N4O9/c1-36(2)45(32-44(71)24-27-81-11)56(75)66-46(17-14-25-65-58(64)77)48(72)31-41-20-22-42(23-21-41)35-83-60(79)68(8)26-15-19-52(73)69(9)40(6)57(76)85-51-33-53(74)70(10)47-30-43(29-38(4)54(47)63)28-37(3)16-13-18-50(82-12)62(80)34-49(84-59(78)67-62)39(5)55-61(51,7)86-55;1-4-21-53-23-25-55-27-29-57-30-28-56-26-24-54-22-11-13-37(50)32-46-44(51)19-20-49-36(31-35-12-5-10-18-43(35)49)33-47(2)48(3)45(52)58-34-42-40-16-8-6-14-38(40)39-15-7-9-17-41(39)42/h13,16,18,20-23,29-30,36,39-40,45-46,49-51,55,80H,14-15,17,19,24-28,31-35H2,1-12H3,(H,66,75)(H,67,78)(H3,64,65,77);5-10,12,14-18,31,42H,4,11,13,19-30,32-34H2,1-3H3,(H,46,51)/b18-13+,37-16+;/t39-,40+,45+,46+,49+,50-,51+,55?,61+,62-;/m1./s1. The summed E-state index contributed by atoms with van der Waals surface area (Å²) in [4.78, 5) is 162. The molecule has 0 saturated carbocycles. The summed E-state index contributed by atoms with van der Waals surface area (Å²) in [5.74, 6) is -4.26. The summed E-state index contributed by atoms with van der Waals surface area (Å²) in [5, 5.41) is 27.2. The number of hydrazine groups is 1. The number of aliphatic hydroxyl groups is 1. The number of nitrogens with one attached hydrogen (secondary N) is 4. The number of fused-ring (bicyclic) bond motifs is 9. The summed E-state index contributed by atoms with van der Waals surface area (Å²) >= 11 is 6.84. The molecule has 10 rings (SSSR count). The van der Waals surface area contributed by atoms with Crippen LogP contribution in [0.1, 0.15) is 171 Å². The molecule has 3 aliphatic heterocycles. The monoisotopic (exact) mass is 2020 g/mol. The number of aromatic nitrogens is 1. The molecule has 7 N–H and O–H groups in total. The van der Waals surface area contributed by atoms with Crippen LogP contribution in [-0.2, 0) is 128 Å². The second-order valence-corrected chi connectivity index (χ2v) is 38.0. The molecule has 9 amide bonds. The number of para-hydroxylation sites is 1. The van der Waals surface area contributed by atoms with E-state index in [2.05, 4.69) is 63.1 Å². The highest BCUT2D eigenvalue weighted by molar-refractivity contribution is 6.34. The number of methoxy groups -OCH3 is 2. The maximum Gasteiger partial charge on any atom is 0.424 e. The van der Waals surface area contributed by atoms with Crippen molar-refractivity contribution in [2.45, 2.75) is 219 Å². The topological polar surface area (TPSA) is 434 Å². The van der Waals surface area contributed by atoms with Crippen LogP contribution < -0.4 is 31.9 Å². The number of hydrogen-bond acceptors (Lipinski definition) is 26. The van der Waals surface area contributed by atoms with Crippen molar-refractivity contribution in [2.75, 3.05) is 153 Å². The van der Waals surface area contributed by atoms with E-state index in [1.807, 2.05) is 101 Å². The third-order valence-electron chi connectivity index (χ3n) is 26.4. The van der Waals surface area contributed by atoms with Crippen LogP contribution in [-0.4, -0.2) is 297 Å². The Kier molecular flexibility index (Phi) is 46.7. The first kappa shape index (κ1) is 116. The molecule has 144 heavy (non-hydrogen) atoms. The van der Waals surface area contributed by atoms with Crippen molar-refractivity contribution in [1.29, 1.82) is 0 Å². The molecule has 4 heterocycles. The number of alkyl carbamates (subject to hydrolysis) is 1. The Morgan fingerprint density at radius 2 is 1.35 bits per heavy atom. The summed E-state index contributed by atoms with van der Waals surface area (Å²) in [6.45, 7) is 21.2. The van der Waals surface area contributed by atoms with Crippen LogP contribution in [0.2, 0.25) is 5.02 Å². The SMILES string of the molecule is CCCOCCOCCOCCOCCOCCCC(=O)CNC(=O)CCn1c(CN(C)N(C)C(=O)OCC2c3ccccc3-c3ccccc32)cc2ccccc21.COCCC(=O)C[C@H](C(=O)N[C@@H](CCCNC(N)=O)C(=O)Cc1ccc(COC(=O)N(C)CCCC(=O)N(C)[C@@H](C)C(=O)O[C@H]2CC(=O)N(C)c3cc(cc(C)c3Cl)C/C(C)=C/C=C/[C@@H](OC)[C@]3(O)C[C@H](OC(=O)N3)[C@@H](C)C3O[C@]32C)cc1)C(C)C. The number of primary amides is 1. The lowest BCUT2D eigenvalue weighted by molar-refractivity contribution is -0.162. The second kappa shape index (κ2) is 58.0. The van der Waals surface area contributed by atoms with Gasteiger partial charge in [0, 0.05) is 156 Å². The number of rotatable bonds is 53. The van der Waals surface area contributed by atoms with E-state index in [4.69, 9.17) is 74.2 Å². The van der Waals surface area contributed by atoms with E-state index in [0.717, 1.165) is 57.5 Å². The van der Waals surface area contributed by atoms with Crippen molar-refractivity contribution in [3.05, 3.63) is 183 Å². The van der Waals surface area contributed by atoms with Gasteiger partial charge in [-0.25, -0.2) is 34.0 Å². The molecule has 4 aliphatic rings. The van der Waals surface area contributed by atoms with Gasteiger partial charge in [-0.15, -0.1) is 0 Å². The summed E-state index contributed by atoms with van der Waals surface area (Å²) in [5.41, 5.74) is 12.9. The van der Waals surface area contributed by atoms with Crippen molar-refractivity contribution in [1.82, 2.24) is 45.7 Å². The van der Waals surface area contributed by atoms with Gasteiger partial charge in [-0.05, 0) is 140 Å². The number of halogens is 1. The van der Waals surface area contributed by atoms with Gasteiger partial charge in [-0.3, -0.25) is 38.9 Å². The number of ether oxygens (including phenoxy) is 12. The fraction of sp³-hybridized carbons (Fsp3) is 0.551. The number of nitrogens with two attached hydrogens (primary N) is 1. The first-order valence-corrected chi connectivity index (χ1v) is 49.9. The van der Waals surface area contributed by atoms with Gasteiger partial charge in [0.05, 0.1) is 102 Å². The van der Waals surface area contributed by atoms with Gasteiger partial charge in [0.15, 0.2) is 17.3 Å². The number of urea groups is 1. The first-order valence-electron chi connectivity index (χ1n) is 49.5. The summed E-state index contributed by atoms with van der Waals surface area (Å²) < 4.78 is 69.8. The maximum absolute atomic E-state index is 14.4. The quantitative estimate of drug-likeness (QED) is 0.00679. The van der Waals surface area contributed by atoms with Gasteiger partial charge in [-0.2, -0.15) is 0 Å². The zero-order chi connectivity index (χ0) is 105. The van der Waals surface area contributed by atoms with Crippen LogP contribution in [0.4, 0.5) is 24.9 Å². The number of epoxide rings is 1. The number of esters is 1. The van der Waals surface area contributed by atoms with Crippen molar-refractivity contribution in [3.8, 4) is 11.1 Å². The number of Topliss-reactive ketones (excluding diaryl/α,β-unsaturated/α-hetero) is 3. The highest BCUT2D eigenvalue weighted by Crippen LogP contribution is 2.50. The fourth-order valence-corrected chi connectivity index (χ4v) is 17.8. The molecule has 37 heteroatoms. The number of carbonyl (C=O) groups excluding carboxylic acids is 12. The minimum absolute atomic E-state index is 0.00112. The average Bonchev–Trinajstić information content (AvgIpc) is 1.55. The molecule has 1 aromatic heterocycles. The van der Waals surface area contributed by atoms with Crippen LogP contribution in [0.5, 0.6) is 0 Å². The Balaban J connectivity index is 0.000000345. The van der Waals surface area contributed by atoms with E-state index in [1.165, 1.54) is 66.1 Å². The number of likely N-dealkylation sites (N-methyl/N-ethyl adjacent to an activating group) is 1. The van der Waals surface area contributed by atoms with E-state index in [0.29, 0.717) is 120 Å². The number of carbonyl (C=O) groups is 12.